The standard InChI is InChI=1S/C18H15ClN6O2/c19-13-2-4-15(5-3-13)24-11-12(8-16(24)26)17(27)23-14-9-20-18(21-10-14)25-7-1-6-22-25/h1-7,9-10,12H,8,11H2,(H,23,27). The van der Waals surface area contributed by atoms with Crippen LogP contribution in [0.2, 0.25) is 5.02 Å². The fraction of sp³-hybridized carbons (Fsp3) is 0.167. The molecule has 1 unspecified atom stereocenters. The van der Waals surface area contributed by atoms with E-state index in [2.05, 4.69) is 20.4 Å². The van der Waals surface area contributed by atoms with Crippen LogP contribution in [0.4, 0.5) is 11.4 Å². The summed E-state index contributed by atoms with van der Waals surface area (Å²) in [7, 11) is 0. The summed E-state index contributed by atoms with van der Waals surface area (Å²) in [6.45, 7) is 0.318. The number of nitrogens with one attached hydrogen (secondary N) is 1. The van der Waals surface area contributed by atoms with Crippen molar-refractivity contribution in [3.63, 3.8) is 0 Å². The Kier molecular flexibility index (Phi) is 4.55. The molecule has 2 amide bonds. The molecule has 1 fully saturated rings. The zero-order valence-corrected chi connectivity index (χ0v) is 14.9. The van der Waals surface area contributed by atoms with Gasteiger partial charge >= 0.3 is 0 Å². The van der Waals surface area contributed by atoms with Crippen molar-refractivity contribution in [1.29, 1.82) is 0 Å². The number of rotatable bonds is 4. The first-order valence-corrected chi connectivity index (χ1v) is 8.67. The van der Waals surface area contributed by atoms with Crippen LogP contribution >= 0.6 is 11.6 Å². The second-order valence-corrected chi connectivity index (χ2v) is 6.53. The molecule has 1 atom stereocenters. The monoisotopic (exact) mass is 382 g/mol. The molecule has 0 bridgehead atoms. The van der Waals surface area contributed by atoms with Crippen LogP contribution < -0.4 is 10.2 Å². The average molecular weight is 383 g/mol. The third-order valence-electron chi connectivity index (χ3n) is 4.25. The predicted molar refractivity (Wildman–Crippen MR) is 99.7 cm³/mol. The summed E-state index contributed by atoms with van der Waals surface area (Å²) in [5.74, 6) is -0.375. The minimum Gasteiger partial charge on any atom is -0.323 e. The molecule has 1 aliphatic heterocycles. The van der Waals surface area contributed by atoms with E-state index >= 15 is 0 Å². The van der Waals surface area contributed by atoms with Crippen LogP contribution in [0.5, 0.6) is 0 Å². The molecule has 2 aromatic heterocycles. The number of carbonyl (C=O) groups excluding carboxylic acids is 2. The van der Waals surface area contributed by atoms with Crippen molar-refractivity contribution in [3.8, 4) is 5.95 Å². The maximum atomic E-state index is 12.5. The minimum atomic E-state index is -0.445. The van der Waals surface area contributed by atoms with Gasteiger partial charge in [-0.05, 0) is 30.3 Å². The van der Waals surface area contributed by atoms with Gasteiger partial charge in [0.15, 0.2) is 0 Å². The van der Waals surface area contributed by atoms with E-state index < -0.39 is 5.92 Å². The van der Waals surface area contributed by atoms with Gasteiger partial charge in [0.05, 0.1) is 24.0 Å². The van der Waals surface area contributed by atoms with Gasteiger partial charge in [-0.25, -0.2) is 14.6 Å². The number of nitrogens with zero attached hydrogens (tertiary/aromatic N) is 5. The Bertz CT molecular complexity index is 957. The molecule has 0 aliphatic carbocycles. The molecule has 0 saturated carbocycles. The maximum absolute atomic E-state index is 12.5. The molecule has 9 heteroatoms. The Morgan fingerprint density at radius 3 is 2.59 bits per heavy atom. The van der Waals surface area contributed by atoms with E-state index in [0.29, 0.717) is 23.2 Å². The molecular weight excluding hydrogens is 368 g/mol. The normalized spacial score (nSPS) is 16.6. The van der Waals surface area contributed by atoms with Crippen LogP contribution in [0.15, 0.2) is 55.1 Å². The van der Waals surface area contributed by atoms with Crippen molar-refractivity contribution in [2.75, 3.05) is 16.8 Å². The molecule has 136 valence electrons. The molecule has 0 spiro atoms. The van der Waals surface area contributed by atoms with Gasteiger partial charge < -0.3 is 10.2 Å². The second-order valence-electron chi connectivity index (χ2n) is 6.09. The van der Waals surface area contributed by atoms with Gasteiger partial charge in [0.2, 0.25) is 11.8 Å². The first-order chi connectivity index (χ1) is 13.1. The van der Waals surface area contributed by atoms with Crippen LogP contribution in [-0.4, -0.2) is 38.1 Å². The summed E-state index contributed by atoms with van der Waals surface area (Å²) in [6, 6.07) is 8.74. The highest BCUT2D eigenvalue weighted by atomic mass is 35.5. The number of benzene rings is 1. The minimum absolute atomic E-state index is 0.0947. The molecule has 3 aromatic rings. The number of amides is 2. The van der Waals surface area contributed by atoms with E-state index in [9.17, 15) is 9.59 Å². The molecule has 3 heterocycles. The van der Waals surface area contributed by atoms with Gasteiger partial charge in [-0.2, -0.15) is 5.10 Å². The quantitative estimate of drug-likeness (QED) is 0.747. The highest BCUT2D eigenvalue weighted by Gasteiger charge is 2.35. The summed E-state index contributed by atoms with van der Waals surface area (Å²) in [5, 5.41) is 7.40. The molecule has 8 nitrogen and oxygen atoms in total. The summed E-state index contributed by atoms with van der Waals surface area (Å²) >= 11 is 5.88. The zero-order chi connectivity index (χ0) is 18.8. The second kappa shape index (κ2) is 7.16. The van der Waals surface area contributed by atoms with Crippen LogP contribution in [-0.2, 0) is 9.59 Å². The van der Waals surface area contributed by atoms with Gasteiger partial charge in [-0.3, -0.25) is 9.59 Å². The van der Waals surface area contributed by atoms with Crippen LogP contribution in [0.25, 0.3) is 5.95 Å². The fourth-order valence-corrected chi connectivity index (χ4v) is 3.02. The summed E-state index contributed by atoms with van der Waals surface area (Å²) in [6.07, 6.45) is 6.53. The number of aromatic nitrogens is 4. The third-order valence-corrected chi connectivity index (χ3v) is 4.50. The van der Waals surface area contributed by atoms with E-state index in [4.69, 9.17) is 11.6 Å². The van der Waals surface area contributed by atoms with E-state index in [1.807, 2.05) is 0 Å². The Hall–Kier alpha value is -3.26. The van der Waals surface area contributed by atoms with E-state index in [1.165, 1.54) is 17.1 Å². The Morgan fingerprint density at radius 2 is 1.93 bits per heavy atom. The SMILES string of the molecule is O=C(Nc1cnc(-n2cccn2)nc1)C1CC(=O)N(c2ccc(Cl)cc2)C1. The maximum Gasteiger partial charge on any atom is 0.250 e. The molecular formula is C18H15ClN6O2. The van der Waals surface area contributed by atoms with E-state index in [1.54, 1.807) is 47.6 Å². The fourth-order valence-electron chi connectivity index (χ4n) is 2.89. The Morgan fingerprint density at radius 1 is 1.19 bits per heavy atom. The molecule has 27 heavy (non-hydrogen) atoms. The smallest absolute Gasteiger partial charge is 0.250 e. The highest BCUT2D eigenvalue weighted by Crippen LogP contribution is 2.27. The van der Waals surface area contributed by atoms with E-state index in [0.717, 1.165) is 5.69 Å². The predicted octanol–water partition coefficient (Wildman–Crippen LogP) is 2.31. The van der Waals surface area contributed by atoms with Gasteiger partial charge in [-0.1, -0.05) is 11.6 Å². The number of anilines is 2. The molecule has 1 aliphatic rings. The highest BCUT2D eigenvalue weighted by molar-refractivity contribution is 6.30. The first kappa shape index (κ1) is 17.2. The topological polar surface area (TPSA) is 93.0 Å². The lowest BCUT2D eigenvalue weighted by Crippen LogP contribution is -2.28. The van der Waals surface area contributed by atoms with E-state index in [-0.39, 0.29) is 18.2 Å². The van der Waals surface area contributed by atoms with Crippen molar-refractivity contribution in [3.05, 3.63) is 60.1 Å². The largest absolute Gasteiger partial charge is 0.323 e. The molecule has 1 aromatic carbocycles. The van der Waals surface area contributed by atoms with Crippen molar-refractivity contribution >= 4 is 34.8 Å². The van der Waals surface area contributed by atoms with Gasteiger partial charge in [0.1, 0.15) is 0 Å². The third kappa shape index (κ3) is 3.65. The number of hydrogen-bond donors (Lipinski definition) is 1. The first-order valence-electron chi connectivity index (χ1n) is 8.29. The molecule has 4 rings (SSSR count). The van der Waals surface area contributed by atoms with Crippen LogP contribution in [0, 0.1) is 5.92 Å². The van der Waals surface area contributed by atoms with Crippen LogP contribution in [0.1, 0.15) is 6.42 Å². The number of hydrogen-bond acceptors (Lipinski definition) is 5. The summed E-state index contributed by atoms with van der Waals surface area (Å²) < 4.78 is 1.52. The average Bonchev–Trinajstić information content (AvgIpc) is 3.33. The molecule has 1 N–H and O–H groups in total. The lowest BCUT2D eigenvalue weighted by Gasteiger charge is -2.16. The van der Waals surface area contributed by atoms with Crippen molar-refractivity contribution < 1.29 is 9.59 Å². The molecule has 0 radical (unpaired) electrons. The lowest BCUT2D eigenvalue weighted by molar-refractivity contribution is -0.122. The van der Waals surface area contributed by atoms with Crippen molar-refractivity contribution in [2.45, 2.75) is 6.42 Å². The Labute approximate surface area is 159 Å². The molecule has 1 saturated heterocycles. The van der Waals surface area contributed by atoms with Crippen molar-refractivity contribution in [1.82, 2.24) is 19.7 Å². The van der Waals surface area contributed by atoms with Gasteiger partial charge in [0.25, 0.3) is 5.95 Å². The number of halogens is 1. The summed E-state index contributed by atoms with van der Waals surface area (Å²) in [4.78, 5) is 34.7. The lowest BCUT2D eigenvalue weighted by atomic mass is 10.1. The van der Waals surface area contributed by atoms with Crippen molar-refractivity contribution in [2.24, 2.45) is 5.92 Å². The van der Waals surface area contributed by atoms with Crippen LogP contribution in [0.3, 0.4) is 0 Å². The van der Waals surface area contributed by atoms with Gasteiger partial charge in [-0.15, -0.1) is 0 Å². The zero-order valence-electron chi connectivity index (χ0n) is 14.1. The summed E-state index contributed by atoms with van der Waals surface area (Å²) in [5.41, 5.74) is 1.19. The Balaban J connectivity index is 1.41. The van der Waals surface area contributed by atoms with Gasteiger partial charge in [0, 0.05) is 36.1 Å². The number of carbonyl (C=O) groups is 2.